The van der Waals surface area contributed by atoms with E-state index in [1.54, 1.807) is 6.33 Å². The van der Waals surface area contributed by atoms with Gasteiger partial charge in [-0.3, -0.25) is 0 Å². The van der Waals surface area contributed by atoms with Gasteiger partial charge >= 0.3 is 0 Å². The molecule has 3 rings (SSSR count). The van der Waals surface area contributed by atoms with Gasteiger partial charge < -0.3 is 10.6 Å². The van der Waals surface area contributed by atoms with E-state index < -0.39 is 0 Å². The Labute approximate surface area is 102 Å². The number of fused-ring (bicyclic) bond motifs is 1. The molecule has 0 aromatic carbocycles. The van der Waals surface area contributed by atoms with Crippen LogP contribution in [-0.2, 0) is 12.8 Å². The zero-order valence-electron chi connectivity index (χ0n) is 10.4. The van der Waals surface area contributed by atoms with Crippen LogP contribution in [0, 0.1) is 0 Å². The van der Waals surface area contributed by atoms with Gasteiger partial charge in [0.1, 0.15) is 12.1 Å². The quantitative estimate of drug-likeness (QED) is 0.811. The number of aryl methyl sites for hydroxylation is 1. The molecule has 0 bridgehead atoms. The van der Waals surface area contributed by atoms with Crippen molar-refractivity contribution in [2.75, 3.05) is 11.9 Å². The second-order valence-electron chi connectivity index (χ2n) is 5.14. The van der Waals surface area contributed by atoms with Gasteiger partial charge in [0.05, 0.1) is 0 Å². The van der Waals surface area contributed by atoms with Crippen molar-refractivity contribution >= 4 is 5.82 Å². The van der Waals surface area contributed by atoms with E-state index in [9.17, 15) is 0 Å². The molecular weight excluding hydrogens is 212 g/mol. The van der Waals surface area contributed by atoms with Crippen LogP contribution in [0.5, 0.6) is 0 Å². The molecule has 2 heterocycles. The topological polar surface area (TPSA) is 49.8 Å². The second-order valence-corrected chi connectivity index (χ2v) is 5.14. The number of rotatable bonds is 2. The monoisotopic (exact) mass is 232 g/mol. The SMILES string of the molecule is CC1NCCCC1Nc1ncnc2c1CCC2. The first-order valence-corrected chi connectivity index (χ1v) is 6.67. The number of nitrogens with zero attached hydrogens (tertiary/aromatic N) is 2. The van der Waals surface area contributed by atoms with Crippen molar-refractivity contribution in [1.82, 2.24) is 15.3 Å². The van der Waals surface area contributed by atoms with Crippen LogP contribution >= 0.6 is 0 Å². The van der Waals surface area contributed by atoms with Crippen LogP contribution in [0.15, 0.2) is 6.33 Å². The summed E-state index contributed by atoms with van der Waals surface area (Å²) in [6, 6.07) is 1.03. The number of hydrogen-bond donors (Lipinski definition) is 2. The first-order chi connectivity index (χ1) is 8.34. The van der Waals surface area contributed by atoms with Crippen molar-refractivity contribution < 1.29 is 0 Å². The lowest BCUT2D eigenvalue weighted by atomic mass is 9.99. The van der Waals surface area contributed by atoms with Gasteiger partial charge in [-0.25, -0.2) is 9.97 Å². The summed E-state index contributed by atoms with van der Waals surface area (Å²) in [4.78, 5) is 8.79. The summed E-state index contributed by atoms with van der Waals surface area (Å²) in [5, 5.41) is 7.13. The lowest BCUT2D eigenvalue weighted by Crippen LogP contribution is -2.46. The van der Waals surface area contributed by atoms with Crippen LogP contribution in [0.2, 0.25) is 0 Å². The molecule has 2 N–H and O–H groups in total. The van der Waals surface area contributed by atoms with Gasteiger partial charge in [-0.05, 0) is 45.6 Å². The number of piperidine rings is 1. The molecule has 1 aliphatic carbocycles. The van der Waals surface area contributed by atoms with Gasteiger partial charge in [-0.15, -0.1) is 0 Å². The van der Waals surface area contributed by atoms with E-state index in [-0.39, 0.29) is 0 Å². The number of nitrogens with one attached hydrogen (secondary N) is 2. The summed E-state index contributed by atoms with van der Waals surface area (Å²) < 4.78 is 0. The minimum atomic E-state index is 0.503. The highest BCUT2D eigenvalue weighted by Gasteiger charge is 2.23. The predicted octanol–water partition coefficient (Wildman–Crippen LogP) is 1.52. The fourth-order valence-corrected chi connectivity index (χ4v) is 2.90. The van der Waals surface area contributed by atoms with Crippen LogP contribution in [0.3, 0.4) is 0 Å². The molecule has 17 heavy (non-hydrogen) atoms. The lowest BCUT2D eigenvalue weighted by Gasteiger charge is -2.31. The van der Waals surface area contributed by atoms with E-state index in [0.29, 0.717) is 12.1 Å². The fraction of sp³-hybridized carbons (Fsp3) is 0.692. The van der Waals surface area contributed by atoms with Gasteiger partial charge in [0, 0.05) is 23.3 Å². The molecule has 1 aliphatic heterocycles. The Morgan fingerprint density at radius 3 is 3.12 bits per heavy atom. The van der Waals surface area contributed by atoms with Crippen molar-refractivity contribution in [3.8, 4) is 0 Å². The molecule has 1 fully saturated rings. The van der Waals surface area contributed by atoms with E-state index in [4.69, 9.17) is 0 Å². The molecule has 1 aromatic heterocycles. The zero-order valence-corrected chi connectivity index (χ0v) is 10.4. The molecule has 1 aromatic rings. The normalized spacial score (nSPS) is 27.8. The minimum Gasteiger partial charge on any atom is -0.365 e. The van der Waals surface area contributed by atoms with Crippen LogP contribution in [0.1, 0.15) is 37.4 Å². The third-order valence-corrected chi connectivity index (χ3v) is 3.96. The van der Waals surface area contributed by atoms with Gasteiger partial charge in [-0.1, -0.05) is 0 Å². The summed E-state index contributed by atoms with van der Waals surface area (Å²) in [5.41, 5.74) is 2.60. The first kappa shape index (κ1) is 11.0. The van der Waals surface area contributed by atoms with Crippen molar-refractivity contribution in [2.45, 2.75) is 51.1 Å². The predicted molar refractivity (Wildman–Crippen MR) is 68.2 cm³/mol. The standard InChI is InChI=1S/C13H20N4/c1-9-11(6-3-7-14-9)17-13-10-4-2-5-12(10)15-8-16-13/h8-9,11,14H,2-7H2,1H3,(H,15,16,17). The second kappa shape index (κ2) is 4.61. The summed E-state index contributed by atoms with van der Waals surface area (Å²) in [7, 11) is 0. The van der Waals surface area contributed by atoms with Crippen LogP contribution in [0.4, 0.5) is 5.82 Å². The first-order valence-electron chi connectivity index (χ1n) is 6.67. The van der Waals surface area contributed by atoms with E-state index in [0.717, 1.165) is 25.2 Å². The molecule has 4 heteroatoms. The number of hydrogen-bond acceptors (Lipinski definition) is 4. The Morgan fingerprint density at radius 2 is 2.24 bits per heavy atom. The fourth-order valence-electron chi connectivity index (χ4n) is 2.90. The average Bonchev–Trinajstić information content (AvgIpc) is 2.81. The van der Waals surface area contributed by atoms with Crippen LogP contribution in [-0.4, -0.2) is 28.6 Å². The number of aromatic nitrogens is 2. The van der Waals surface area contributed by atoms with Gasteiger partial charge in [0.15, 0.2) is 0 Å². The molecule has 92 valence electrons. The Balaban J connectivity index is 1.78. The maximum absolute atomic E-state index is 4.43. The maximum Gasteiger partial charge on any atom is 0.133 e. The van der Waals surface area contributed by atoms with Crippen molar-refractivity contribution in [1.29, 1.82) is 0 Å². The highest BCUT2D eigenvalue weighted by molar-refractivity contribution is 5.48. The molecule has 2 aliphatic rings. The van der Waals surface area contributed by atoms with E-state index >= 15 is 0 Å². The third kappa shape index (κ3) is 2.14. The van der Waals surface area contributed by atoms with E-state index in [1.807, 2.05) is 0 Å². The molecule has 4 nitrogen and oxygen atoms in total. The third-order valence-electron chi connectivity index (χ3n) is 3.96. The summed E-state index contributed by atoms with van der Waals surface area (Å²) in [6.45, 7) is 3.39. The Kier molecular flexibility index (Phi) is 2.97. The molecule has 1 saturated heterocycles. The Bertz CT molecular complexity index is 404. The molecule has 0 spiro atoms. The molecule has 0 amide bonds. The highest BCUT2D eigenvalue weighted by atomic mass is 15.1. The lowest BCUT2D eigenvalue weighted by molar-refractivity contribution is 0.388. The maximum atomic E-state index is 4.43. The van der Waals surface area contributed by atoms with Crippen LogP contribution in [0.25, 0.3) is 0 Å². The number of anilines is 1. The molecule has 2 unspecified atom stereocenters. The average molecular weight is 232 g/mol. The van der Waals surface area contributed by atoms with Gasteiger partial charge in [0.2, 0.25) is 0 Å². The molecule has 0 saturated carbocycles. The molecule has 2 atom stereocenters. The van der Waals surface area contributed by atoms with Gasteiger partial charge in [0.25, 0.3) is 0 Å². The minimum absolute atomic E-state index is 0.503. The Hall–Kier alpha value is -1.16. The van der Waals surface area contributed by atoms with E-state index in [2.05, 4.69) is 27.5 Å². The van der Waals surface area contributed by atoms with Crippen molar-refractivity contribution in [3.63, 3.8) is 0 Å². The van der Waals surface area contributed by atoms with Crippen molar-refractivity contribution in [3.05, 3.63) is 17.6 Å². The summed E-state index contributed by atoms with van der Waals surface area (Å²) in [6.07, 6.45) is 7.65. The zero-order chi connectivity index (χ0) is 11.7. The highest BCUT2D eigenvalue weighted by Crippen LogP contribution is 2.26. The largest absolute Gasteiger partial charge is 0.365 e. The molecular formula is C13H20N4. The van der Waals surface area contributed by atoms with Crippen molar-refractivity contribution in [2.24, 2.45) is 0 Å². The molecule has 0 radical (unpaired) electrons. The summed E-state index contributed by atoms with van der Waals surface area (Å²) >= 11 is 0. The van der Waals surface area contributed by atoms with Crippen LogP contribution < -0.4 is 10.6 Å². The summed E-state index contributed by atoms with van der Waals surface area (Å²) in [5.74, 6) is 1.08. The smallest absolute Gasteiger partial charge is 0.133 e. The van der Waals surface area contributed by atoms with E-state index in [1.165, 1.54) is 30.5 Å². The Morgan fingerprint density at radius 1 is 1.29 bits per heavy atom. The van der Waals surface area contributed by atoms with Gasteiger partial charge in [-0.2, -0.15) is 0 Å².